The second-order valence-electron chi connectivity index (χ2n) is 7.43. The summed E-state index contributed by atoms with van der Waals surface area (Å²) in [5.41, 5.74) is 2.80. The van der Waals surface area contributed by atoms with E-state index in [2.05, 4.69) is 4.90 Å². The maximum atomic E-state index is 12.1. The second kappa shape index (κ2) is 9.85. The highest BCUT2D eigenvalue weighted by atomic mass is 16.6. The molecule has 3 aromatic rings. The highest BCUT2D eigenvalue weighted by Crippen LogP contribution is 2.33. The van der Waals surface area contributed by atoms with Crippen LogP contribution in [0.15, 0.2) is 84.9 Å². The molecule has 154 valence electrons. The molecule has 0 aliphatic carbocycles. The standard InChI is InChI=1S/C25H26N2O3/c1-19(18-26(2)3)30-23-16-14-21(15-17-23)24(20-10-6-4-7-11-20)25(27(28)29)22-12-8-5-9-13-22/h4-17,19H,18H2,1-3H3/b25-24+/t19-/m1/s1. The maximum absolute atomic E-state index is 12.1. The Kier molecular flexibility index (Phi) is 6.99. The van der Waals surface area contributed by atoms with Gasteiger partial charge in [0.2, 0.25) is 0 Å². The Morgan fingerprint density at radius 1 is 0.867 bits per heavy atom. The smallest absolute Gasteiger partial charge is 0.284 e. The monoisotopic (exact) mass is 402 g/mol. The van der Waals surface area contributed by atoms with E-state index in [4.69, 9.17) is 4.74 Å². The summed E-state index contributed by atoms with van der Waals surface area (Å²) in [5, 5.41) is 12.1. The van der Waals surface area contributed by atoms with Crippen LogP contribution in [0, 0.1) is 10.1 Å². The van der Waals surface area contributed by atoms with Gasteiger partial charge in [0.25, 0.3) is 5.70 Å². The van der Waals surface area contributed by atoms with Gasteiger partial charge >= 0.3 is 0 Å². The van der Waals surface area contributed by atoms with Crippen molar-refractivity contribution in [3.63, 3.8) is 0 Å². The summed E-state index contributed by atoms with van der Waals surface area (Å²) in [6.45, 7) is 2.82. The molecule has 0 unspecified atom stereocenters. The van der Waals surface area contributed by atoms with Crippen molar-refractivity contribution in [2.75, 3.05) is 20.6 Å². The summed E-state index contributed by atoms with van der Waals surface area (Å²) in [5.74, 6) is 0.739. The average molecular weight is 402 g/mol. The molecule has 0 N–H and O–H groups in total. The Balaban J connectivity index is 2.07. The van der Waals surface area contributed by atoms with E-state index in [1.807, 2.05) is 93.8 Å². The van der Waals surface area contributed by atoms with Crippen molar-refractivity contribution in [3.8, 4) is 5.75 Å². The van der Waals surface area contributed by atoms with Crippen LogP contribution in [0.25, 0.3) is 11.3 Å². The van der Waals surface area contributed by atoms with Gasteiger partial charge in [-0.25, -0.2) is 0 Å². The van der Waals surface area contributed by atoms with Crippen LogP contribution in [0.1, 0.15) is 23.6 Å². The Bertz CT molecular complexity index is 998. The first-order valence-corrected chi connectivity index (χ1v) is 9.87. The molecule has 0 heterocycles. The Hall–Kier alpha value is -3.44. The van der Waals surface area contributed by atoms with E-state index in [1.165, 1.54) is 0 Å². The molecule has 3 aromatic carbocycles. The predicted molar refractivity (Wildman–Crippen MR) is 121 cm³/mol. The summed E-state index contributed by atoms with van der Waals surface area (Å²) in [4.78, 5) is 13.9. The first-order chi connectivity index (χ1) is 14.5. The van der Waals surface area contributed by atoms with Crippen molar-refractivity contribution in [1.82, 2.24) is 4.90 Å². The fourth-order valence-corrected chi connectivity index (χ4v) is 3.47. The summed E-state index contributed by atoms with van der Waals surface area (Å²) in [6, 6.07) is 26.0. The molecule has 0 amide bonds. The summed E-state index contributed by atoms with van der Waals surface area (Å²) < 4.78 is 5.97. The number of benzene rings is 3. The third-order valence-electron chi connectivity index (χ3n) is 4.63. The minimum absolute atomic E-state index is 0.0358. The Morgan fingerprint density at radius 2 is 1.37 bits per heavy atom. The molecule has 5 heteroatoms. The highest BCUT2D eigenvalue weighted by molar-refractivity contribution is 5.95. The molecule has 5 nitrogen and oxygen atoms in total. The van der Waals surface area contributed by atoms with Gasteiger partial charge in [0.15, 0.2) is 0 Å². The maximum Gasteiger partial charge on any atom is 0.284 e. The molecule has 0 spiro atoms. The van der Waals surface area contributed by atoms with Crippen LogP contribution in [-0.2, 0) is 0 Å². The topological polar surface area (TPSA) is 55.6 Å². The minimum Gasteiger partial charge on any atom is -0.489 e. The zero-order valence-corrected chi connectivity index (χ0v) is 17.5. The number of nitro groups is 1. The highest BCUT2D eigenvalue weighted by Gasteiger charge is 2.23. The van der Waals surface area contributed by atoms with Gasteiger partial charge < -0.3 is 9.64 Å². The lowest BCUT2D eigenvalue weighted by molar-refractivity contribution is -0.374. The zero-order chi connectivity index (χ0) is 21.5. The van der Waals surface area contributed by atoms with E-state index in [0.717, 1.165) is 23.4 Å². The minimum atomic E-state index is -0.304. The number of rotatable bonds is 8. The van der Waals surface area contributed by atoms with Gasteiger partial charge in [0.05, 0.1) is 16.1 Å². The number of nitrogens with zero attached hydrogens (tertiary/aromatic N) is 2. The molecule has 0 saturated carbocycles. The largest absolute Gasteiger partial charge is 0.489 e. The fraction of sp³-hybridized carbons (Fsp3) is 0.200. The lowest BCUT2D eigenvalue weighted by Gasteiger charge is -2.19. The van der Waals surface area contributed by atoms with Crippen molar-refractivity contribution in [2.45, 2.75) is 13.0 Å². The van der Waals surface area contributed by atoms with Gasteiger partial charge in [-0.1, -0.05) is 60.7 Å². The molecular weight excluding hydrogens is 376 g/mol. The lowest BCUT2D eigenvalue weighted by Crippen LogP contribution is -2.27. The van der Waals surface area contributed by atoms with Crippen molar-refractivity contribution < 1.29 is 9.66 Å². The molecule has 0 bridgehead atoms. The van der Waals surface area contributed by atoms with E-state index in [1.54, 1.807) is 12.1 Å². The van der Waals surface area contributed by atoms with Crippen LogP contribution >= 0.6 is 0 Å². The van der Waals surface area contributed by atoms with Crippen molar-refractivity contribution in [1.29, 1.82) is 0 Å². The number of likely N-dealkylation sites (N-methyl/N-ethyl adjacent to an activating group) is 1. The molecule has 0 radical (unpaired) electrons. The van der Waals surface area contributed by atoms with Gasteiger partial charge in [-0.2, -0.15) is 0 Å². The van der Waals surface area contributed by atoms with Gasteiger partial charge in [-0.15, -0.1) is 0 Å². The number of hydrogen-bond donors (Lipinski definition) is 0. The average Bonchev–Trinajstić information content (AvgIpc) is 2.73. The van der Waals surface area contributed by atoms with Gasteiger partial charge in [-0.05, 0) is 56.4 Å². The first kappa shape index (κ1) is 21.3. The van der Waals surface area contributed by atoms with Gasteiger partial charge in [0.1, 0.15) is 11.9 Å². The molecule has 1 atom stereocenters. The van der Waals surface area contributed by atoms with Crippen molar-refractivity contribution in [3.05, 3.63) is 112 Å². The zero-order valence-electron chi connectivity index (χ0n) is 17.5. The van der Waals surface area contributed by atoms with E-state index < -0.39 is 0 Å². The van der Waals surface area contributed by atoms with Gasteiger partial charge in [0, 0.05) is 6.54 Å². The molecular formula is C25H26N2O3. The molecule has 0 aliphatic heterocycles. The van der Waals surface area contributed by atoms with Crippen LogP contribution in [0.5, 0.6) is 5.75 Å². The molecule has 0 aromatic heterocycles. The van der Waals surface area contributed by atoms with Crippen LogP contribution in [-0.4, -0.2) is 36.6 Å². The summed E-state index contributed by atoms with van der Waals surface area (Å²) in [6.07, 6.45) is 0.0358. The van der Waals surface area contributed by atoms with E-state index in [0.29, 0.717) is 11.1 Å². The van der Waals surface area contributed by atoms with Crippen LogP contribution in [0.3, 0.4) is 0 Å². The van der Waals surface area contributed by atoms with Gasteiger partial charge in [-0.3, -0.25) is 10.1 Å². The number of hydrogen-bond acceptors (Lipinski definition) is 4. The van der Waals surface area contributed by atoms with Crippen LogP contribution in [0.4, 0.5) is 0 Å². The molecule has 0 saturated heterocycles. The Labute approximate surface area is 177 Å². The third-order valence-corrected chi connectivity index (χ3v) is 4.63. The fourth-order valence-electron chi connectivity index (χ4n) is 3.47. The van der Waals surface area contributed by atoms with Crippen molar-refractivity contribution >= 4 is 11.3 Å². The van der Waals surface area contributed by atoms with Crippen LogP contribution < -0.4 is 4.74 Å². The molecule has 3 rings (SSSR count). The lowest BCUT2D eigenvalue weighted by atomic mass is 9.93. The molecule has 0 fully saturated rings. The first-order valence-electron chi connectivity index (χ1n) is 9.87. The predicted octanol–water partition coefficient (Wildman–Crippen LogP) is 5.21. The second-order valence-corrected chi connectivity index (χ2v) is 7.43. The van der Waals surface area contributed by atoms with E-state index in [9.17, 15) is 10.1 Å². The normalized spacial score (nSPS) is 12.9. The van der Waals surface area contributed by atoms with E-state index >= 15 is 0 Å². The molecule has 0 aliphatic rings. The Morgan fingerprint density at radius 3 is 1.87 bits per heavy atom. The quantitative estimate of drug-likeness (QED) is 0.295. The number of ether oxygens (including phenoxy) is 1. The van der Waals surface area contributed by atoms with Crippen molar-refractivity contribution in [2.24, 2.45) is 0 Å². The molecule has 30 heavy (non-hydrogen) atoms. The third kappa shape index (κ3) is 5.33. The SMILES string of the molecule is C[C@H](CN(C)C)Oc1ccc(/C(=C(\c2ccccc2)[N+](=O)[O-])c2ccccc2)cc1. The summed E-state index contributed by atoms with van der Waals surface area (Å²) in [7, 11) is 4.01. The van der Waals surface area contributed by atoms with E-state index in [-0.39, 0.29) is 16.7 Å². The summed E-state index contributed by atoms with van der Waals surface area (Å²) >= 11 is 0. The van der Waals surface area contributed by atoms with Crippen LogP contribution in [0.2, 0.25) is 0 Å².